The van der Waals surface area contributed by atoms with Crippen LogP contribution in [0.25, 0.3) is 5.69 Å². The average molecular weight is 432 g/mol. The van der Waals surface area contributed by atoms with Gasteiger partial charge in [0.15, 0.2) is 0 Å². The highest BCUT2D eigenvalue weighted by Gasteiger charge is 2.47. The molecule has 31 heavy (non-hydrogen) atoms. The lowest BCUT2D eigenvalue weighted by molar-refractivity contribution is 0.413. The molecule has 0 aliphatic heterocycles. The van der Waals surface area contributed by atoms with Crippen LogP contribution in [0.3, 0.4) is 0 Å². The lowest BCUT2D eigenvalue weighted by Gasteiger charge is -2.17. The summed E-state index contributed by atoms with van der Waals surface area (Å²) in [4.78, 5) is 13.5. The largest absolute Gasteiger partial charge is 0.494 e. The van der Waals surface area contributed by atoms with Gasteiger partial charge in [-0.05, 0) is 55.7 Å². The van der Waals surface area contributed by atoms with Crippen molar-refractivity contribution in [1.29, 1.82) is 0 Å². The molecule has 2 heterocycles. The number of imidazole rings is 1. The maximum absolute atomic E-state index is 6.07. The van der Waals surface area contributed by atoms with Gasteiger partial charge in [-0.2, -0.15) is 0 Å². The lowest BCUT2D eigenvalue weighted by atomic mass is 9.92. The van der Waals surface area contributed by atoms with Gasteiger partial charge >= 0.3 is 0 Å². The van der Waals surface area contributed by atoms with Crippen LogP contribution in [0.4, 0.5) is 11.6 Å². The molecule has 6 nitrogen and oxygen atoms in total. The number of hydrogen-bond acceptors (Lipinski definition) is 5. The lowest BCUT2D eigenvalue weighted by Crippen LogP contribution is -2.12. The molecule has 1 saturated carbocycles. The highest BCUT2D eigenvalue weighted by Crippen LogP contribution is 2.53. The summed E-state index contributed by atoms with van der Waals surface area (Å²) in [5, 5.41) is 4.06. The maximum Gasteiger partial charge on any atom is 0.227 e. The van der Waals surface area contributed by atoms with Crippen LogP contribution >= 0.6 is 11.6 Å². The van der Waals surface area contributed by atoms with E-state index >= 15 is 0 Å². The summed E-state index contributed by atoms with van der Waals surface area (Å²) < 4.78 is 7.55. The van der Waals surface area contributed by atoms with Crippen molar-refractivity contribution in [3.05, 3.63) is 89.2 Å². The van der Waals surface area contributed by atoms with Crippen LogP contribution in [0.15, 0.2) is 67.3 Å². The number of ether oxygens (including phenoxy) is 1. The van der Waals surface area contributed by atoms with E-state index in [4.69, 9.17) is 21.3 Å². The van der Waals surface area contributed by atoms with Gasteiger partial charge < -0.3 is 14.6 Å². The Balaban J connectivity index is 1.42. The van der Waals surface area contributed by atoms with Gasteiger partial charge in [0.2, 0.25) is 5.95 Å². The van der Waals surface area contributed by atoms with E-state index in [1.165, 1.54) is 5.56 Å². The molecule has 0 saturated heterocycles. The Morgan fingerprint density at radius 1 is 1.06 bits per heavy atom. The van der Waals surface area contributed by atoms with Gasteiger partial charge in [0.05, 0.1) is 30.5 Å². The zero-order valence-electron chi connectivity index (χ0n) is 17.3. The second kappa shape index (κ2) is 7.71. The molecule has 5 rings (SSSR count). The first-order valence-corrected chi connectivity index (χ1v) is 10.5. The van der Waals surface area contributed by atoms with Crippen molar-refractivity contribution in [3.63, 3.8) is 0 Å². The Morgan fingerprint density at radius 2 is 1.87 bits per heavy atom. The summed E-state index contributed by atoms with van der Waals surface area (Å²) >= 11 is 6.07. The van der Waals surface area contributed by atoms with Crippen molar-refractivity contribution in [3.8, 4) is 11.4 Å². The van der Waals surface area contributed by atoms with Crippen LogP contribution in [-0.4, -0.2) is 26.6 Å². The fraction of sp³-hybridized carbons (Fsp3) is 0.208. The molecule has 7 heteroatoms. The molecule has 1 N–H and O–H groups in total. The molecule has 0 bridgehead atoms. The number of aromatic nitrogens is 4. The summed E-state index contributed by atoms with van der Waals surface area (Å²) in [6.45, 7) is 1.96. The maximum atomic E-state index is 6.07. The Kier molecular flexibility index (Phi) is 4.87. The molecule has 1 aliphatic rings. The fourth-order valence-corrected chi connectivity index (χ4v) is 4.05. The average Bonchev–Trinajstić information content (AvgIpc) is 3.49. The first-order chi connectivity index (χ1) is 15.1. The number of aryl methyl sites for hydroxylation is 1. The van der Waals surface area contributed by atoms with E-state index in [1.54, 1.807) is 19.6 Å². The van der Waals surface area contributed by atoms with Crippen LogP contribution in [0.1, 0.15) is 29.8 Å². The van der Waals surface area contributed by atoms with E-state index in [0.717, 1.165) is 46.4 Å². The van der Waals surface area contributed by atoms with E-state index in [2.05, 4.69) is 27.4 Å². The number of nitrogens with one attached hydrogen (secondary N) is 1. The van der Waals surface area contributed by atoms with Crippen molar-refractivity contribution in [2.24, 2.45) is 0 Å². The molecule has 0 spiro atoms. The van der Waals surface area contributed by atoms with Gasteiger partial charge in [-0.15, -0.1) is 0 Å². The third-order valence-electron chi connectivity index (χ3n) is 5.72. The van der Waals surface area contributed by atoms with Gasteiger partial charge in [-0.1, -0.05) is 23.7 Å². The monoisotopic (exact) mass is 431 g/mol. The minimum absolute atomic E-state index is 0.0508. The number of nitrogens with zero attached hydrogens (tertiary/aromatic N) is 4. The van der Waals surface area contributed by atoms with E-state index < -0.39 is 0 Å². The predicted octanol–water partition coefficient (Wildman–Crippen LogP) is 5.46. The molecule has 156 valence electrons. The van der Waals surface area contributed by atoms with Crippen LogP contribution in [0.2, 0.25) is 5.02 Å². The van der Waals surface area contributed by atoms with Crippen LogP contribution < -0.4 is 10.1 Å². The van der Waals surface area contributed by atoms with E-state index in [-0.39, 0.29) is 5.41 Å². The van der Waals surface area contributed by atoms with Gasteiger partial charge in [0.1, 0.15) is 5.75 Å². The van der Waals surface area contributed by atoms with Crippen LogP contribution in [0.5, 0.6) is 5.75 Å². The van der Waals surface area contributed by atoms with Crippen molar-refractivity contribution in [2.75, 3.05) is 12.4 Å². The van der Waals surface area contributed by atoms with E-state index in [1.807, 2.05) is 54.1 Å². The van der Waals surface area contributed by atoms with Gasteiger partial charge in [-0.25, -0.2) is 15.0 Å². The Bertz CT molecular complexity index is 1230. The smallest absolute Gasteiger partial charge is 0.227 e. The molecule has 1 fully saturated rings. The summed E-state index contributed by atoms with van der Waals surface area (Å²) in [6, 6.07) is 16.0. The minimum Gasteiger partial charge on any atom is -0.494 e. The second-order valence-electron chi connectivity index (χ2n) is 7.79. The van der Waals surface area contributed by atoms with Crippen LogP contribution in [-0.2, 0) is 5.41 Å². The van der Waals surface area contributed by atoms with Gasteiger partial charge in [0, 0.05) is 34.6 Å². The number of rotatable bonds is 6. The summed E-state index contributed by atoms with van der Waals surface area (Å²) in [5.41, 5.74) is 4.93. The SMILES string of the molecule is COc1cc(Nc2nccc(C3(c4ccc(Cl)cc4)CC3)n2)ccc1-n1cnc(C)c1. The molecular formula is C24H22ClN5O. The van der Waals surface area contributed by atoms with Crippen molar-refractivity contribution >= 4 is 23.2 Å². The summed E-state index contributed by atoms with van der Waals surface area (Å²) in [6.07, 6.45) is 7.68. The molecule has 2 aromatic heterocycles. The molecule has 0 amide bonds. The van der Waals surface area contributed by atoms with Crippen molar-refractivity contribution in [1.82, 2.24) is 19.5 Å². The molecule has 1 aliphatic carbocycles. The zero-order valence-corrected chi connectivity index (χ0v) is 18.1. The molecule has 0 atom stereocenters. The number of hydrogen-bond donors (Lipinski definition) is 1. The Labute approximate surface area is 185 Å². The fourth-order valence-electron chi connectivity index (χ4n) is 3.92. The summed E-state index contributed by atoms with van der Waals surface area (Å²) in [7, 11) is 1.66. The number of methoxy groups -OCH3 is 1. The first-order valence-electron chi connectivity index (χ1n) is 10.1. The molecule has 4 aromatic rings. The standard InChI is InChI=1S/C24H22ClN5O/c1-16-14-30(15-27-16)20-8-7-19(13-21(20)31-2)28-23-26-12-9-22(29-23)24(10-11-24)17-3-5-18(25)6-4-17/h3-9,12-15H,10-11H2,1-2H3,(H,26,28,29). The van der Waals surface area contributed by atoms with Crippen molar-refractivity contribution < 1.29 is 4.74 Å². The topological polar surface area (TPSA) is 64.9 Å². The highest BCUT2D eigenvalue weighted by atomic mass is 35.5. The van der Waals surface area contributed by atoms with Gasteiger partial charge in [-0.3, -0.25) is 0 Å². The summed E-state index contributed by atoms with van der Waals surface area (Å²) in [5.74, 6) is 1.30. The third-order valence-corrected chi connectivity index (χ3v) is 5.97. The van der Waals surface area contributed by atoms with E-state index in [9.17, 15) is 0 Å². The minimum atomic E-state index is -0.0508. The molecule has 0 unspecified atom stereocenters. The second-order valence-corrected chi connectivity index (χ2v) is 8.22. The van der Waals surface area contributed by atoms with Crippen LogP contribution in [0, 0.1) is 6.92 Å². The molecular weight excluding hydrogens is 410 g/mol. The quantitative estimate of drug-likeness (QED) is 0.439. The van der Waals surface area contributed by atoms with E-state index in [0.29, 0.717) is 5.95 Å². The number of benzene rings is 2. The molecule has 2 aromatic carbocycles. The molecule has 0 radical (unpaired) electrons. The Morgan fingerprint density at radius 3 is 2.55 bits per heavy atom. The first kappa shape index (κ1) is 19.6. The van der Waals surface area contributed by atoms with Gasteiger partial charge in [0.25, 0.3) is 0 Å². The highest BCUT2D eigenvalue weighted by molar-refractivity contribution is 6.30. The number of halogens is 1. The number of anilines is 2. The Hall–Kier alpha value is -3.38. The predicted molar refractivity (Wildman–Crippen MR) is 122 cm³/mol. The third kappa shape index (κ3) is 3.75. The van der Waals surface area contributed by atoms with Crippen molar-refractivity contribution in [2.45, 2.75) is 25.2 Å². The zero-order chi connectivity index (χ0) is 21.4. The normalized spacial score (nSPS) is 14.3.